The van der Waals surface area contributed by atoms with E-state index in [-0.39, 0.29) is 5.25 Å². The maximum Gasteiger partial charge on any atom is 0.119 e. The molecule has 0 aliphatic heterocycles. The van der Waals surface area contributed by atoms with Crippen LogP contribution in [0.2, 0.25) is 0 Å². The molecular formula is C15H18N2S. The number of benzene rings is 1. The number of thiol groups is 1. The molecule has 3 heteroatoms. The molecule has 1 unspecified atom stereocenters. The number of nitrogens with one attached hydrogen (secondary N) is 1. The Morgan fingerprint density at radius 2 is 2.22 bits per heavy atom. The van der Waals surface area contributed by atoms with Crippen molar-refractivity contribution in [3.8, 4) is 11.3 Å². The fraction of sp³-hybridized carbons (Fsp3) is 0.400. The number of H-pyrrole nitrogens is 1. The second-order valence-electron chi connectivity index (χ2n) is 4.96. The second kappa shape index (κ2) is 4.47. The van der Waals surface area contributed by atoms with E-state index in [9.17, 15) is 0 Å². The Morgan fingerprint density at radius 1 is 1.39 bits per heavy atom. The van der Waals surface area contributed by atoms with Crippen LogP contribution in [0.15, 0.2) is 18.2 Å². The van der Waals surface area contributed by atoms with Crippen molar-refractivity contribution in [2.45, 2.75) is 38.4 Å². The molecule has 3 rings (SSSR count). The van der Waals surface area contributed by atoms with Gasteiger partial charge in [-0.2, -0.15) is 12.6 Å². The van der Waals surface area contributed by atoms with E-state index in [4.69, 9.17) is 0 Å². The molecule has 18 heavy (non-hydrogen) atoms. The molecule has 1 atom stereocenters. The molecule has 0 saturated carbocycles. The molecule has 1 aliphatic carbocycles. The second-order valence-corrected chi connectivity index (χ2v) is 5.74. The van der Waals surface area contributed by atoms with Gasteiger partial charge in [0.05, 0.1) is 16.6 Å². The van der Waals surface area contributed by atoms with Gasteiger partial charge in [0, 0.05) is 5.56 Å². The third-order valence-electron chi connectivity index (χ3n) is 3.67. The van der Waals surface area contributed by atoms with E-state index in [0.717, 1.165) is 25.1 Å². The van der Waals surface area contributed by atoms with E-state index in [0.29, 0.717) is 0 Å². The first-order chi connectivity index (χ1) is 8.69. The van der Waals surface area contributed by atoms with Crippen molar-refractivity contribution in [1.82, 2.24) is 9.97 Å². The van der Waals surface area contributed by atoms with Crippen molar-refractivity contribution >= 4 is 12.6 Å². The van der Waals surface area contributed by atoms with Crippen molar-refractivity contribution in [2.24, 2.45) is 0 Å². The van der Waals surface area contributed by atoms with Crippen LogP contribution in [0.1, 0.15) is 41.7 Å². The predicted molar refractivity (Wildman–Crippen MR) is 78.2 cm³/mol. The minimum atomic E-state index is 0.161. The summed E-state index contributed by atoms with van der Waals surface area (Å²) in [6, 6.07) is 6.79. The Bertz CT molecular complexity index is 584. The summed E-state index contributed by atoms with van der Waals surface area (Å²) in [5.41, 5.74) is 6.59. The zero-order chi connectivity index (χ0) is 12.7. The zero-order valence-corrected chi connectivity index (χ0v) is 11.7. The highest BCUT2D eigenvalue weighted by atomic mass is 32.1. The van der Waals surface area contributed by atoms with Crippen molar-refractivity contribution in [3.63, 3.8) is 0 Å². The van der Waals surface area contributed by atoms with E-state index in [1.807, 2.05) is 0 Å². The first-order valence-corrected chi connectivity index (χ1v) is 7.09. The molecule has 0 amide bonds. The van der Waals surface area contributed by atoms with Gasteiger partial charge < -0.3 is 4.98 Å². The van der Waals surface area contributed by atoms with Gasteiger partial charge in [-0.15, -0.1) is 0 Å². The number of aromatic amines is 1. The number of aryl methyl sites for hydroxylation is 3. The van der Waals surface area contributed by atoms with Crippen LogP contribution in [-0.2, 0) is 19.3 Å². The van der Waals surface area contributed by atoms with Crippen molar-refractivity contribution in [3.05, 3.63) is 40.8 Å². The topological polar surface area (TPSA) is 28.7 Å². The smallest absolute Gasteiger partial charge is 0.119 e. The number of hydrogen-bond acceptors (Lipinski definition) is 2. The maximum absolute atomic E-state index is 4.66. The normalized spacial score (nSPS) is 15.1. The van der Waals surface area contributed by atoms with E-state index in [1.165, 1.54) is 28.1 Å². The Hall–Kier alpha value is -1.22. The zero-order valence-electron chi connectivity index (χ0n) is 10.8. The standard InChI is InChI=1S/C15H18N2S/c1-3-10-4-6-12-11(8-10)5-7-13-14(12)17-15(16-13)9(2)18/h4,6,8-9,18H,3,5,7H2,1-2H3,(H,16,17). The van der Waals surface area contributed by atoms with Gasteiger partial charge in [-0.25, -0.2) is 4.98 Å². The highest BCUT2D eigenvalue weighted by Gasteiger charge is 2.21. The van der Waals surface area contributed by atoms with Crippen LogP contribution < -0.4 is 0 Å². The Balaban J connectivity index is 2.10. The van der Waals surface area contributed by atoms with E-state index in [1.54, 1.807) is 0 Å². The quantitative estimate of drug-likeness (QED) is 0.790. The summed E-state index contributed by atoms with van der Waals surface area (Å²) in [5.74, 6) is 0.982. The van der Waals surface area contributed by atoms with E-state index >= 15 is 0 Å². The Kier molecular flexibility index (Phi) is 2.94. The van der Waals surface area contributed by atoms with Crippen LogP contribution in [0.4, 0.5) is 0 Å². The molecule has 1 aliphatic rings. The van der Waals surface area contributed by atoms with Crippen molar-refractivity contribution in [1.29, 1.82) is 0 Å². The van der Waals surface area contributed by atoms with Gasteiger partial charge in [-0.3, -0.25) is 0 Å². The van der Waals surface area contributed by atoms with Crippen LogP contribution in [0.5, 0.6) is 0 Å². The van der Waals surface area contributed by atoms with E-state index < -0.39 is 0 Å². The number of imidazole rings is 1. The van der Waals surface area contributed by atoms with Crippen LogP contribution in [0.25, 0.3) is 11.3 Å². The Labute approximate surface area is 113 Å². The van der Waals surface area contributed by atoms with Crippen molar-refractivity contribution in [2.75, 3.05) is 0 Å². The van der Waals surface area contributed by atoms with Crippen molar-refractivity contribution < 1.29 is 0 Å². The van der Waals surface area contributed by atoms with Crippen LogP contribution in [-0.4, -0.2) is 9.97 Å². The van der Waals surface area contributed by atoms with Gasteiger partial charge in [0.15, 0.2) is 0 Å². The third-order valence-corrected chi connectivity index (χ3v) is 3.92. The molecule has 0 bridgehead atoms. The molecule has 2 aromatic rings. The lowest BCUT2D eigenvalue weighted by atomic mass is 9.90. The summed E-state index contributed by atoms with van der Waals surface area (Å²) >= 11 is 4.45. The average molecular weight is 258 g/mol. The molecule has 0 fully saturated rings. The largest absolute Gasteiger partial charge is 0.341 e. The molecule has 0 radical (unpaired) electrons. The SMILES string of the molecule is CCc1ccc2c(c1)CCc1nc(C(C)S)[nH]c1-2. The molecule has 94 valence electrons. The lowest BCUT2D eigenvalue weighted by molar-refractivity contribution is 0.889. The van der Waals surface area contributed by atoms with Gasteiger partial charge in [0.2, 0.25) is 0 Å². The number of aromatic nitrogens is 2. The van der Waals surface area contributed by atoms with Gasteiger partial charge in [0.1, 0.15) is 5.82 Å². The number of fused-ring (bicyclic) bond motifs is 3. The summed E-state index contributed by atoms with van der Waals surface area (Å²) in [4.78, 5) is 8.10. The highest BCUT2D eigenvalue weighted by Crippen LogP contribution is 2.34. The molecule has 2 nitrogen and oxygen atoms in total. The summed E-state index contributed by atoms with van der Waals surface area (Å²) in [5, 5.41) is 0.161. The average Bonchev–Trinajstić information content (AvgIpc) is 2.82. The van der Waals surface area contributed by atoms with Crippen LogP contribution in [0.3, 0.4) is 0 Å². The minimum Gasteiger partial charge on any atom is -0.341 e. The van der Waals surface area contributed by atoms with Gasteiger partial charge in [0.25, 0.3) is 0 Å². The van der Waals surface area contributed by atoms with Crippen LogP contribution >= 0.6 is 12.6 Å². The molecular weight excluding hydrogens is 240 g/mol. The summed E-state index contributed by atoms with van der Waals surface area (Å²) in [6.07, 6.45) is 3.23. The summed E-state index contributed by atoms with van der Waals surface area (Å²) in [7, 11) is 0. The highest BCUT2D eigenvalue weighted by molar-refractivity contribution is 7.80. The molecule has 1 heterocycles. The lowest BCUT2D eigenvalue weighted by Gasteiger charge is -2.16. The fourth-order valence-corrected chi connectivity index (χ4v) is 2.72. The maximum atomic E-state index is 4.66. The molecule has 0 saturated heterocycles. The monoisotopic (exact) mass is 258 g/mol. The summed E-state index contributed by atoms with van der Waals surface area (Å²) in [6.45, 7) is 4.25. The number of hydrogen-bond donors (Lipinski definition) is 2. The van der Waals surface area contributed by atoms with E-state index in [2.05, 4.69) is 54.6 Å². The fourth-order valence-electron chi connectivity index (χ4n) is 2.60. The molecule has 0 spiro atoms. The van der Waals surface area contributed by atoms with Gasteiger partial charge in [-0.1, -0.05) is 25.1 Å². The van der Waals surface area contributed by atoms with Gasteiger partial charge >= 0.3 is 0 Å². The first-order valence-electron chi connectivity index (χ1n) is 6.58. The number of rotatable bonds is 2. The van der Waals surface area contributed by atoms with Gasteiger partial charge in [-0.05, 0) is 37.3 Å². The number of nitrogens with zero attached hydrogens (tertiary/aromatic N) is 1. The predicted octanol–water partition coefficient (Wildman–Crippen LogP) is 3.73. The molecule has 1 aromatic heterocycles. The third kappa shape index (κ3) is 1.87. The molecule has 1 aromatic carbocycles. The summed E-state index contributed by atoms with van der Waals surface area (Å²) < 4.78 is 0. The lowest BCUT2D eigenvalue weighted by Crippen LogP contribution is -2.04. The Morgan fingerprint density at radius 3 is 2.94 bits per heavy atom. The first kappa shape index (κ1) is 11.8. The minimum absolute atomic E-state index is 0.161. The van der Waals surface area contributed by atoms with Crippen LogP contribution in [0, 0.1) is 0 Å². The molecule has 1 N–H and O–H groups in total.